The maximum Gasteiger partial charge on any atom is 0.159 e. The zero-order valence-electron chi connectivity index (χ0n) is 10.2. The summed E-state index contributed by atoms with van der Waals surface area (Å²) >= 11 is 0. The van der Waals surface area contributed by atoms with Crippen LogP contribution in [0.3, 0.4) is 0 Å². The van der Waals surface area contributed by atoms with Crippen LogP contribution in [0.4, 0.5) is 8.78 Å². The van der Waals surface area contributed by atoms with Gasteiger partial charge in [-0.1, -0.05) is 30.3 Å². The molecule has 0 heterocycles. The van der Waals surface area contributed by atoms with Crippen LogP contribution < -0.4 is 5.73 Å². The van der Waals surface area contributed by atoms with Crippen molar-refractivity contribution in [3.63, 3.8) is 0 Å². The molecule has 0 spiro atoms. The van der Waals surface area contributed by atoms with Gasteiger partial charge < -0.3 is 5.73 Å². The Labute approximate surface area is 105 Å². The minimum Gasteiger partial charge on any atom is -0.328 e. The molecule has 0 aromatic heterocycles. The number of halogens is 2. The minimum atomic E-state index is -0.827. The second-order valence-corrected chi connectivity index (χ2v) is 4.51. The predicted octanol–water partition coefficient (Wildman–Crippen LogP) is 3.52. The highest BCUT2D eigenvalue weighted by Crippen LogP contribution is 2.22. The van der Waals surface area contributed by atoms with Crippen LogP contribution in [0.1, 0.15) is 12.5 Å². The van der Waals surface area contributed by atoms with Crippen molar-refractivity contribution >= 4 is 0 Å². The molecule has 0 aliphatic carbocycles. The van der Waals surface area contributed by atoms with Gasteiger partial charge in [-0.05, 0) is 42.2 Å². The van der Waals surface area contributed by atoms with Crippen molar-refractivity contribution in [2.24, 2.45) is 5.73 Å². The van der Waals surface area contributed by atoms with Gasteiger partial charge in [-0.25, -0.2) is 8.78 Å². The van der Waals surface area contributed by atoms with E-state index in [-0.39, 0.29) is 6.04 Å². The molecule has 0 aliphatic heterocycles. The van der Waals surface area contributed by atoms with Gasteiger partial charge in [0.15, 0.2) is 11.6 Å². The Morgan fingerprint density at radius 1 is 0.944 bits per heavy atom. The van der Waals surface area contributed by atoms with Crippen molar-refractivity contribution in [3.05, 3.63) is 59.7 Å². The second kappa shape index (κ2) is 5.27. The fourth-order valence-electron chi connectivity index (χ4n) is 1.88. The number of hydrogen-bond donors (Lipinski definition) is 1. The first-order valence-corrected chi connectivity index (χ1v) is 5.86. The van der Waals surface area contributed by atoms with E-state index in [1.54, 1.807) is 6.07 Å². The molecule has 0 saturated heterocycles. The van der Waals surface area contributed by atoms with E-state index in [1.807, 2.05) is 31.2 Å². The van der Waals surface area contributed by atoms with Crippen LogP contribution in [0.25, 0.3) is 11.1 Å². The maximum atomic E-state index is 13.1. The van der Waals surface area contributed by atoms with E-state index in [9.17, 15) is 8.78 Å². The maximum absolute atomic E-state index is 13.1. The highest BCUT2D eigenvalue weighted by Gasteiger charge is 2.05. The van der Waals surface area contributed by atoms with Gasteiger partial charge in [0, 0.05) is 6.04 Å². The smallest absolute Gasteiger partial charge is 0.159 e. The lowest BCUT2D eigenvalue weighted by Gasteiger charge is -2.07. The molecule has 18 heavy (non-hydrogen) atoms. The van der Waals surface area contributed by atoms with Gasteiger partial charge in [0.25, 0.3) is 0 Å². The molecule has 0 saturated carbocycles. The summed E-state index contributed by atoms with van der Waals surface area (Å²) in [6, 6.07) is 11.7. The molecular weight excluding hydrogens is 232 g/mol. The standard InChI is InChI=1S/C15H15F2N/c1-10(18)8-11-2-4-12(5-3-11)13-6-7-14(16)15(17)9-13/h2-7,9-10H,8,18H2,1H3. The number of hydrogen-bond acceptors (Lipinski definition) is 1. The van der Waals surface area contributed by atoms with Crippen LogP contribution in [-0.4, -0.2) is 6.04 Å². The number of nitrogens with two attached hydrogens (primary N) is 1. The summed E-state index contributed by atoms with van der Waals surface area (Å²) in [7, 11) is 0. The van der Waals surface area contributed by atoms with Crippen LogP contribution >= 0.6 is 0 Å². The molecule has 94 valence electrons. The average Bonchev–Trinajstić information content (AvgIpc) is 2.33. The topological polar surface area (TPSA) is 26.0 Å². The van der Waals surface area contributed by atoms with Crippen LogP contribution in [0, 0.1) is 11.6 Å². The normalized spacial score (nSPS) is 12.4. The summed E-state index contributed by atoms with van der Waals surface area (Å²) in [5.74, 6) is -1.65. The van der Waals surface area contributed by atoms with Crippen LogP contribution in [0.2, 0.25) is 0 Å². The SMILES string of the molecule is CC(N)Cc1ccc(-c2ccc(F)c(F)c2)cc1. The summed E-state index contributed by atoms with van der Waals surface area (Å²) in [5.41, 5.74) is 8.39. The molecule has 1 atom stereocenters. The van der Waals surface area contributed by atoms with Gasteiger partial charge in [0.2, 0.25) is 0 Å². The van der Waals surface area contributed by atoms with E-state index < -0.39 is 11.6 Å². The fraction of sp³-hybridized carbons (Fsp3) is 0.200. The van der Waals surface area contributed by atoms with Crippen LogP contribution in [0.15, 0.2) is 42.5 Å². The molecule has 2 rings (SSSR count). The van der Waals surface area contributed by atoms with E-state index in [4.69, 9.17) is 5.73 Å². The molecule has 2 aromatic carbocycles. The Bertz CT molecular complexity index is 533. The van der Waals surface area contributed by atoms with Gasteiger partial charge >= 0.3 is 0 Å². The molecule has 0 aliphatic rings. The fourth-order valence-corrected chi connectivity index (χ4v) is 1.88. The molecular formula is C15H15F2N. The van der Waals surface area contributed by atoms with Crippen molar-refractivity contribution in [3.8, 4) is 11.1 Å². The first kappa shape index (κ1) is 12.7. The summed E-state index contributed by atoms with van der Waals surface area (Å²) in [6.45, 7) is 1.95. The average molecular weight is 247 g/mol. The third-order valence-electron chi connectivity index (χ3n) is 2.76. The molecule has 3 heteroatoms. The third kappa shape index (κ3) is 2.93. The van der Waals surface area contributed by atoms with Crippen molar-refractivity contribution < 1.29 is 8.78 Å². The van der Waals surface area contributed by atoms with Gasteiger partial charge in [0.05, 0.1) is 0 Å². The van der Waals surface area contributed by atoms with E-state index >= 15 is 0 Å². The lowest BCUT2D eigenvalue weighted by Crippen LogP contribution is -2.17. The Morgan fingerprint density at radius 3 is 2.11 bits per heavy atom. The highest BCUT2D eigenvalue weighted by atomic mass is 19.2. The molecule has 2 N–H and O–H groups in total. The van der Waals surface area contributed by atoms with Crippen molar-refractivity contribution in [2.75, 3.05) is 0 Å². The van der Waals surface area contributed by atoms with E-state index in [2.05, 4.69) is 0 Å². The quantitative estimate of drug-likeness (QED) is 0.882. The van der Waals surface area contributed by atoms with Crippen LogP contribution in [0.5, 0.6) is 0 Å². The van der Waals surface area contributed by atoms with Crippen molar-refractivity contribution in [1.82, 2.24) is 0 Å². The zero-order valence-corrected chi connectivity index (χ0v) is 10.2. The van der Waals surface area contributed by atoms with Crippen molar-refractivity contribution in [2.45, 2.75) is 19.4 Å². The van der Waals surface area contributed by atoms with Gasteiger partial charge in [-0.15, -0.1) is 0 Å². The lowest BCUT2D eigenvalue weighted by molar-refractivity contribution is 0.509. The third-order valence-corrected chi connectivity index (χ3v) is 2.76. The first-order valence-electron chi connectivity index (χ1n) is 5.86. The molecule has 0 fully saturated rings. The number of benzene rings is 2. The largest absolute Gasteiger partial charge is 0.328 e. The summed E-state index contributed by atoms with van der Waals surface area (Å²) in [4.78, 5) is 0. The van der Waals surface area contributed by atoms with Gasteiger partial charge in [-0.3, -0.25) is 0 Å². The summed E-state index contributed by atoms with van der Waals surface area (Å²) in [5, 5.41) is 0. The van der Waals surface area contributed by atoms with Gasteiger partial charge in [0.1, 0.15) is 0 Å². The minimum absolute atomic E-state index is 0.110. The Kier molecular flexibility index (Phi) is 3.72. The van der Waals surface area contributed by atoms with Crippen molar-refractivity contribution in [1.29, 1.82) is 0 Å². The Balaban J connectivity index is 2.25. The predicted molar refractivity (Wildman–Crippen MR) is 69.1 cm³/mol. The van der Waals surface area contributed by atoms with Crippen LogP contribution in [-0.2, 0) is 6.42 Å². The molecule has 0 bridgehead atoms. The molecule has 0 amide bonds. The first-order chi connectivity index (χ1) is 8.56. The molecule has 1 unspecified atom stereocenters. The summed E-state index contributed by atoms with van der Waals surface area (Å²) < 4.78 is 26.0. The lowest BCUT2D eigenvalue weighted by atomic mass is 10.0. The Hall–Kier alpha value is -1.74. The molecule has 2 aromatic rings. The monoisotopic (exact) mass is 247 g/mol. The van der Waals surface area contributed by atoms with E-state index in [1.165, 1.54) is 6.07 Å². The van der Waals surface area contributed by atoms with Gasteiger partial charge in [-0.2, -0.15) is 0 Å². The summed E-state index contributed by atoms with van der Waals surface area (Å²) in [6.07, 6.45) is 0.804. The zero-order chi connectivity index (χ0) is 13.1. The highest BCUT2D eigenvalue weighted by molar-refractivity contribution is 5.63. The number of rotatable bonds is 3. The Morgan fingerprint density at radius 2 is 1.56 bits per heavy atom. The van der Waals surface area contributed by atoms with E-state index in [0.717, 1.165) is 23.6 Å². The second-order valence-electron chi connectivity index (χ2n) is 4.51. The molecule has 1 nitrogen and oxygen atoms in total. The molecule has 0 radical (unpaired) electrons. The van der Waals surface area contributed by atoms with E-state index in [0.29, 0.717) is 5.56 Å².